The number of ketones is 1. The number of carbonyl (C=O) groups is 1. The van der Waals surface area contributed by atoms with Crippen LogP contribution in [0, 0.1) is 11.3 Å². The number of ether oxygens (including phenoxy) is 1. The fourth-order valence-electron chi connectivity index (χ4n) is 1.90. The molecule has 0 radical (unpaired) electrons. The number of carbonyl (C=O) groups excluding carboxylic acids is 1. The molecule has 1 aromatic rings. The van der Waals surface area contributed by atoms with Gasteiger partial charge >= 0.3 is 0 Å². The number of nitrogens with zero attached hydrogens (tertiary/aromatic N) is 1. The summed E-state index contributed by atoms with van der Waals surface area (Å²) in [5, 5.41) is 9.71. The summed E-state index contributed by atoms with van der Waals surface area (Å²) >= 11 is 3.15. The van der Waals surface area contributed by atoms with Crippen molar-refractivity contribution in [3.8, 4) is 11.8 Å². The highest BCUT2D eigenvalue weighted by Gasteiger charge is 2.39. The summed E-state index contributed by atoms with van der Waals surface area (Å²) in [7, 11) is 1.59. The number of rotatable bonds is 10. The van der Waals surface area contributed by atoms with Crippen molar-refractivity contribution < 1.29 is 9.53 Å². The lowest BCUT2D eigenvalue weighted by Gasteiger charge is -2.24. The fraction of sp³-hybridized carbons (Fsp3) is 0.529. The molecule has 0 aliphatic heterocycles. The molecular formula is C17H23NO2S2. The molecule has 0 amide bonds. The van der Waals surface area contributed by atoms with Gasteiger partial charge in [-0.25, -0.2) is 0 Å². The third-order valence-electron chi connectivity index (χ3n) is 3.11. The van der Waals surface area contributed by atoms with E-state index in [1.807, 2.05) is 0 Å². The van der Waals surface area contributed by atoms with Gasteiger partial charge in [-0.05, 0) is 48.6 Å². The molecule has 0 aromatic heterocycles. The standard InChI is InChI=1S/C17H23NO2S2/c1-4-10-21-13-17(12-18,22-11-5-2)16(19)14-6-8-15(20-3)9-7-14/h6-9H,4-5,10-11,13H2,1-3H3. The Bertz CT molecular complexity index is 510. The molecule has 3 nitrogen and oxygen atoms in total. The Hall–Kier alpha value is -1.12. The molecular weight excluding hydrogens is 314 g/mol. The molecule has 1 unspecified atom stereocenters. The van der Waals surface area contributed by atoms with Crippen LogP contribution in [0.5, 0.6) is 5.75 Å². The van der Waals surface area contributed by atoms with Gasteiger partial charge in [0, 0.05) is 11.3 Å². The average molecular weight is 338 g/mol. The molecule has 0 bridgehead atoms. The predicted molar refractivity (Wildman–Crippen MR) is 96.0 cm³/mol. The third kappa shape index (κ3) is 4.96. The number of hydrogen-bond donors (Lipinski definition) is 0. The van der Waals surface area contributed by atoms with Crippen LogP contribution in [0.1, 0.15) is 37.0 Å². The molecule has 0 spiro atoms. The third-order valence-corrected chi connectivity index (χ3v) is 6.15. The minimum atomic E-state index is -0.996. The van der Waals surface area contributed by atoms with Crippen LogP contribution in [-0.2, 0) is 0 Å². The van der Waals surface area contributed by atoms with E-state index in [1.54, 1.807) is 43.1 Å². The topological polar surface area (TPSA) is 50.1 Å². The average Bonchev–Trinajstić information content (AvgIpc) is 2.58. The Kier molecular flexibility index (Phi) is 8.44. The van der Waals surface area contributed by atoms with Gasteiger partial charge in [0.15, 0.2) is 10.5 Å². The van der Waals surface area contributed by atoms with Crippen molar-refractivity contribution in [2.24, 2.45) is 0 Å². The van der Waals surface area contributed by atoms with Gasteiger partial charge in [-0.2, -0.15) is 17.0 Å². The van der Waals surface area contributed by atoms with Gasteiger partial charge in [-0.3, -0.25) is 4.79 Å². The van der Waals surface area contributed by atoms with Crippen molar-refractivity contribution in [1.82, 2.24) is 0 Å². The Balaban J connectivity index is 3.00. The van der Waals surface area contributed by atoms with E-state index in [2.05, 4.69) is 19.9 Å². The quantitative estimate of drug-likeness (QED) is 0.467. The molecule has 0 heterocycles. The van der Waals surface area contributed by atoms with Crippen molar-refractivity contribution >= 4 is 29.3 Å². The zero-order valence-corrected chi connectivity index (χ0v) is 15.1. The van der Waals surface area contributed by atoms with Gasteiger partial charge in [0.05, 0.1) is 13.2 Å². The Morgan fingerprint density at radius 1 is 1.23 bits per heavy atom. The number of thioether (sulfide) groups is 2. The van der Waals surface area contributed by atoms with Crippen molar-refractivity contribution in [1.29, 1.82) is 5.26 Å². The number of hydrogen-bond acceptors (Lipinski definition) is 5. The largest absolute Gasteiger partial charge is 0.497 e. The maximum Gasteiger partial charge on any atom is 0.194 e. The molecule has 120 valence electrons. The minimum absolute atomic E-state index is 0.0975. The van der Waals surface area contributed by atoms with Crippen LogP contribution in [-0.4, -0.2) is 34.9 Å². The first-order valence-electron chi connectivity index (χ1n) is 7.45. The summed E-state index contributed by atoms with van der Waals surface area (Å²) < 4.78 is 4.12. The molecule has 0 saturated carbocycles. The summed E-state index contributed by atoms with van der Waals surface area (Å²) in [4.78, 5) is 12.9. The first-order chi connectivity index (χ1) is 10.6. The summed E-state index contributed by atoms with van der Waals surface area (Å²) in [5.74, 6) is 2.92. The SMILES string of the molecule is CCCSCC(C#N)(SCCC)C(=O)c1ccc(OC)cc1. The number of Topliss-reactive ketones (excluding diaryl/α,β-unsaturated/α-hetero) is 1. The normalized spacial score (nSPS) is 13.2. The van der Waals surface area contributed by atoms with Crippen LogP contribution in [0.2, 0.25) is 0 Å². The van der Waals surface area contributed by atoms with Crippen LogP contribution in [0.15, 0.2) is 24.3 Å². The Morgan fingerprint density at radius 2 is 1.86 bits per heavy atom. The first kappa shape index (κ1) is 18.9. The van der Waals surface area contributed by atoms with Gasteiger partial charge in [0.1, 0.15) is 5.75 Å². The predicted octanol–water partition coefficient (Wildman–Crippen LogP) is 4.43. The van der Waals surface area contributed by atoms with Crippen molar-refractivity contribution in [2.45, 2.75) is 31.4 Å². The molecule has 22 heavy (non-hydrogen) atoms. The van der Waals surface area contributed by atoms with E-state index < -0.39 is 4.75 Å². The molecule has 0 saturated heterocycles. The first-order valence-corrected chi connectivity index (χ1v) is 9.59. The van der Waals surface area contributed by atoms with Gasteiger partial charge in [0.2, 0.25) is 0 Å². The van der Waals surface area contributed by atoms with E-state index >= 15 is 0 Å². The second-order valence-corrected chi connectivity index (χ2v) is 7.40. The highest BCUT2D eigenvalue weighted by Crippen LogP contribution is 2.33. The maximum absolute atomic E-state index is 12.9. The number of methoxy groups -OCH3 is 1. The molecule has 1 rings (SSSR count). The summed E-state index contributed by atoms with van der Waals surface area (Å²) in [6.07, 6.45) is 1.99. The van der Waals surface area contributed by atoms with Crippen LogP contribution in [0.25, 0.3) is 0 Å². The Labute approximate surface area is 141 Å². The second-order valence-electron chi connectivity index (χ2n) is 4.90. The minimum Gasteiger partial charge on any atom is -0.497 e. The van der Waals surface area contributed by atoms with Crippen LogP contribution in [0.4, 0.5) is 0 Å². The highest BCUT2D eigenvalue weighted by atomic mass is 32.2. The number of nitriles is 1. The van der Waals surface area contributed by atoms with Gasteiger partial charge < -0.3 is 4.74 Å². The lowest BCUT2D eigenvalue weighted by molar-refractivity contribution is 0.0974. The zero-order valence-electron chi connectivity index (χ0n) is 13.4. The van der Waals surface area contributed by atoms with Crippen molar-refractivity contribution in [3.05, 3.63) is 29.8 Å². The summed E-state index contributed by atoms with van der Waals surface area (Å²) in [6, 6.07) is 9.30. The van der Waals surface area contributed by atoms with E-state index in [4.69, 9.17) is 4.74 Å². The smallest absolute Gasteiger partial charge is 0.194 e. The van der Waals surface area contributed by atoms with Crippen LogP contribution >= 0.6 is 23.5 Å². The summed E-state index contributed by atoms with van der Waals surface area (Å²) in [5.41, 5.74) is 0.572. The number of benzene rings is 1. The lowest BCUT2D eigenvalue weighted by atomic mass is 9.99. The van der Waals surface area contributed by atoms with E-state index in [-0.39, 0.29) is 5.78 Å². The Morgan fingerprint density at radius 3 is 2.36 bits per heavy atom. The molecule has 1 atom stereocenters. The van der Waals surface area contributed by atoms with Gasteiger partial charge in [0.25, 0.3) is 0 Å². The fourth-order valence-corrected chi connectivity index (χ4v) is 4.27. The van der Waals surface area contributed by atoms with Gasteiger partial charge in [-0.1, -0.05) is 13.8 Å². The summed E-state index contributed by atoms with van der Waals surface area (Å²) in [6.45, 7) is 4.16. The molecule has 5 heteroatoms. The molecule has 0 aliphatic carbocycles. The monoisotopic (exact) mass is 337 g/mol. The molecule has 1 aromatic carbocycles. The van der Waals surface area contributed by atoms with Gasteiger partial charge in [-0.15, -0.1) is 11.8 Å². The van der Waals surface area contributed by atoms with E-state index in [1.165, 1.54) is 11.8 Å². The zero-order chi connectivity index (χ0) is 16.4. The van der Waals surface area contributed by atoms with Crippen molar-refractivity contribution in [3.63, 3.8) is 0 Å². The lowest BCUT2D eigenvalue weighted by Crippen LogP contribution is -2.37. The van der Waals surface area contributed by atoms with E-state index in [0.29, 0.717) is 17.1 Å². The molecule has 0 fully saturated rings. The second kappa shape index (κ2) is 9.81. The van der Waals surface area contributed by atoms with E-state index in [0.717, 1.165) is 24.3 Å². The molecule has 0 aliphatic rings. The maximum atomic E-state index is 12.9. The molecule has 0 N–H and O–H groups in total. The highest BCUT2D eigenvalue weighted by molar-refractivity contribution is 8.04. The van der Waals surface area contributed by atoms with E-state index in [9.17, 15) is 10.1 Å². The van der Waals surface area contributed by atoms with Crippen LogP contribution in [0.3, 0.4) is 0 Å². The van der Waals surface area contributed by atoms with Crippen molar-refractivity contribution in [2.75, 3.05) is 24.4 Å². The van der Waals surface area contributed by atoms with Crippen LogP contribution < -0.4 is 4.74 Å².